The standard InChI is InChI=1S/C37H43F3N6O3/c1-6-25-28(39)12-11-23-9-7-10-26(29(23)25)31-30(40)32-27(16-41-31)33(44(5)17-22-18-45(19-22)35(47)49-36(2,3)4)43-34(42-32)48-21-37-13-8-14-46(37)20-24(38)15-37/h7,9-12,16,22,24H,6,8,13-15,17-21H2,1-5H3/t24-,37+/m1/s1. The van der Waals surface area contributed by atoms with Gasteiger partial charge in [-0.25, -0.2) is 18.0 Å². The number of fused-ring (bicyclic) bond motifs is 3. The maximum atomic E-state index is 16.8. The van der Waals surface area contributed by atoms with Gasteiger partial charge < -0.3 is 19.3 Å². The Labute approximate surface area is 284 Å². The van der Waals surface area contributed by atoms with Crippen molar-refractivity contribution in [3.63, 3.8) is 0 Å². The van der Waals surface area contributed by atoms with Gasteiger partial charge in [-0.1, -0.05) is 31.2 Å². The minimum Gasteiger partial charge on any atom is -0.461 e. The summed E-state index contributed by atoms with van der Waals surface area (Å²) in [5, 5.41) is 1.79. The highest BCUT2D eigenvalue weighted by Crippen LogP contribution is 2.41. The van der Waals surface area contributed by atoms with Gasteiger partial charge in [-0.05, 0) is 69.0 Å². The van der Waals surface area contributed by atoms with Gasteiger partial charge in [-0.15, -0.1) is 0 Å². The number of benzene rings is 2. The van der Waals surface area contributed by atoms with Crippen molar-refractivity contribution in [3.05, 3.63) is 53.7 Å². The molecule has 0 saturated carbocycles. The number of likely N-dealkylation sites (tertiary alicyclic amines) is 1. The molecule has 12 heteroatoms. The highest BCUT2D eigenvalue weighted by molar-refractivity contribution is 6.00. The molecule has 49 heavy (non-hydrogen) atoms. The Bertz CT molecular complexity index is 1910. The number of ether oxygens (including phenoxy) is 2. The molecule has 3 aliphatic rings. The van der Waals surface area contributed by atoms with Crippen molar-refractivity contribution in [1.29, 1.82) is 0 Å². The van der Waals surface area contributed by atoms with Crippen LogP contribution >= 0.6 is 0 Å². The molecule has 260 valence electrons. The molecule has 0 bridgehead atoms. The molecule has 3 saturated heterocycles. The number of aromatic nitrogens is 3. The van der Waals surface area contributed by atoms with Crippen LogP contribution in [-0.2, 0) is 11.2 Å². The molecule has 4 aromatic rings. The summed E-state index contributed by atoms with van der Waals surface area (Å²) >= 11 is 0. The lowest BCUT2D eigenvalue weighted by Crippen LogP contribution is -2.54. The quantitative estimate of drug-likeness (QED) is 0.199. The summed E-state index contributed by atoms with van der Waals surface area (Å²) in [6.07, 6.45) is 2.86. The summed E-state index contributed by atoms with van der Waals surface area (Å²) < 4.78 is 58.0. The number of alkyl halides is 1. The molecular weight excluding hydrogens is 633 g/mol. The fraction of sp³-hybridized carbons (Fsp3) is 0.514. The number of carbonyl (C=O) groups excluding carboxylic acids is 1. The molecule has 5 heterocycles. The van der Waals surface area contributed by atoms with Crippen LogP contribution in [0, 0.1) is 17.6 Å². The summed E-state index contributed by atoms with van der Waals surface area (Å²) in [4.78, 5) is 32.2. The minimum absolute atomic E-state index is 0.00358. The van der Waals surface area contributed by atoms with Gasteiger partial charge in [0.25, 0.3) is 0 Å². The number of amides is 1. The van der Waals surface area contributed by atoms with Gasteiger partial charge in [0.2, 0.25) is 0 Å². The largest absolute Gasteiger partial charge is 0.461 e. The topological polar surface area (TPSA) is 83.9 Å². The van der Waals surface area contributed by atoms with Crippen molar-refractivity contribution in [1.82, 2.24) is 24.8 Å². The van der Waals surface area contributed by atoms with Crippen LogP contribution < -0.4 is 9.64 Å². The van der Waals surface area contributed by atoms with E-state index in [0.717, 1.165) is 24.8 Å². The average molecular weight is 677 g/mol. The van der Waals surface area contributed by atoms with E-state index in [4.69, 9.17) is 14.5 Å². The number of halogens is 3. The lowest BCUT2D eigenvalue weighted by molar-refractivity contribution is 0.000174. The maximum Gasteiger partial charge on any atom is 0.410 e. The average Bonchev–Trinajstić information content (AvgIpc) is 3.56. The van der Waals surface area contributed by atoms with Gasteiger partial charge in [0.05, 0.1) is 10.9 Å². The normalized spacial score (nSPS) is 21.3. The Hall–Kier alpha value is -4.19. The first-order chi connectivity index (χ1) is 23.4. The minimum atomic E-state index is -0.921. The molecule has 0 spiro atoms. The zero-order chi connectivity index (χ0) is 34.7. The van der Waals surface area contributed by atoms with Crippen molar-refractivity contribution in [2.24, 2.45) is 5.92 Å². The van der Waals surface area contributed by atoms with E-state index in [9.17, 15) is 13.6 Å². The molecule has 0 aliphatic carbocycles. The molecule has 2 aromatic heterocycles. The maximum absolute atomic E-state index is 16.8. The second-order valence-corrected chi connectivity index (χ2v) is 14.8. The van der Waals surface area contributed by atoms with E-state index in [-0.39, 0.29) is 41.7 Å². The first-order valence-corrected chi connectivity index (χ1v) is 17.1. The number of nitrogens with zero attached hydrogens (tertiary/aromatic N) is 6. The van der Waals surface area contributed by atoms with Crippen LogP contribution in [0.2, 0.25) is 0 Å². The van der Waals surface area contributed by atoms with Gasteiger partial charge in [-0.3, -0.25) is 9.88 Å². The van der Waals surface area contributed by atoms with E-state index in [1.807, 2.05) is 45.7 Å². The number of hydrogen-bond donors (Lipinski definition) is 0. The third-order valence-corrected chi connectivity index (χ3v) is 10.1. The summed E-state index contributed by atoms with van der Waals surface area (Å²) in [6, 6.07) is 8.55. The molecule has 0 radical (unpaired) electrons. The van der Waals surface area contributed by atoms with E-state index < -0.39 is 23.1 Å². The van der Waals surface area contributed by atoms with Crippen molar-refractivity contribution in [3.8, 4) is 17.3 Å². The summed E-state index contributed by atoms with van der Waals surface area (Å²) in [7, 11) is 1.86. The molecule has 3 fully saturated rings. The van der Waals surface area contributed by atoms with Crippen LogP contribution in [0.25, 0.3) is 32.9 Å². The van der Waals surface area contributed by atoms with E-state index in [0.29, 0.717) is 66.7 Å². The second-order valence-electron chi connectivity index (χ2n) is 14.8. The lowest BCUT2D eigenvalue weighted by atomic mass is 9.95. The van der Waals surface area contributed by atoms with Crippen LogP contribution in [0.15, 0.2) is 36.5 Å². The first-order valence-electron chi connectivity index (χ1n) is 17.1. The summed E-state index contributed by atoms with van der Waals surface area (Å²) in [5.74, 6) is -0.451. The molecule has 2 atom stereocenters. The van der Waals surface area contributed by atoms with Crippen LogP contribution in [-0.4, -0.2) is 94.5 Å². The number of carbonyl (C=O) groups is 1. The molecule has 3 aliphatic heterocycles. The van der Waals surface area contributed by atoms with Gasteiger partial charge in [0.1, 0.15) is 41.2 Å². The monoisotopic (exact) mass is 676 g/mol. The Morgan fingerprint density at radius 1 is 1.12 bits per heavy atom. The Morgan fingerprint density at radius 3 is 2.67 bits per heavy atom. The highest BCUT2D eigenvalue weighted by atomic mass is 19.1. The van der Waals surface area contributed by atoms with Crippen LogP contribution in [0.1, 0.15) is 52.5 Å². The number of hydrogen-bond acceptors (Lipinski definition) is 8. The van der Waals surface area contributed by atoms with Gasteiger partial charge in [0.15, 0.2) is 5.82 Å². The van der Waals surface area contributed by atoms with Gasteiger partial charge in [-0.2, -0.15) is 9.97 Å². The van der Waals surface area contributed by atoms with Crippen molar-refractivity contribution < 1.29 is 27.4 Å². The lowest BCUT2D eigenvalue weighted by Gasteiger charge is -2.41. The van der Waals surface area contributed by atoms with Crippen LogP contribution in [0.4, 0.5) is 23.8 Å². The van der Waals surface area contributed by atoms with E-state index in [2.05, 4.69) is 14.9 Å². The highest BCUT2D eigenvalue weighted by Gasteiger charge is 2.49. The Morgan fingerprint density at radius 2 is 1.92 bits per heavy atom. The number of anilines is 1. The number of pyridine rings is 1. The van der Waals surface area contributed by atoms with Crippen molar-refractivity contribution in [2.45, 2.75) is 70.7 Å². The second kappa shape index (κ2) is 12.6. The van der Waals surface area contributed by atoms with E-state index in [1.54, 1.807) is 29.3 Å². The molecule has 0 N–H and O–H groups in total. The van der Waals surface area contributed by atoms with Crippen LogP contribution in [0.3, 0.4) is 0 Å². The van der Waals surface area contributed by atoms with Crippen LogP contribution in [0.5, 0.6) is 6.01 Å². The third kappa shape index (κ3) is 6.24. The van der Waals surface area contributed by atoms with Crippen molar-refractivity contribution in [2.75, 3.05) is 51.3 Å². The summed E-state index contributed by atoms with van der Waals surface area (Å²) in [6.45, 7) is 10.3. The zero-order valence-corrected chi connectivity index (χ0v) is 28.7. The Kier molecular flexibility index (Phi) is 8.57. The molecular formula is C37H43F3N6O3. The molecule has 9 nitrogen and oxygen atoms in total. The molecule has 0 unspecified atom stereocenters. The number of aryl methyl sites for hydroxylation is 1. The fourth-order valence-electron chi connectivity index (χ4n) is 7.82. The Balaban J connectivity index is 1.25. The molecule has 1 amide bonds. The first kappa shape index (κ1) is 33.3. The summed E-state index contributed by atoms with van der Waals surface area (Å²) in [5.41, 5.74) is 0.0317. The van der Waals surface area contributed by atoms with Gasteiger partial charge >= 0.3 is 12.1 Å². The zero-order valence-electron chi connectivity index (χ0n) is 28.7. The smallest absolute Gasteiger partial charge is 0.410 e. The predicted molar refractivity (Wildman–Crippen MR) is 183 cm³/mol. The third-order valence-electron chi connectivity index (χ3n) is 10.1. The number of rotatable bonds is 8. The molecule has 2 aromatic carbocycles. The predicted octanol–water partition coefficient (Wildman–Crippen LogP) is 6.94. The fourth-order valence-corrected chi connectivity index (χ4v) is 7.82. The van der Waals surface area contributed by atoms with Gasteiger partial charge in [0, 0.05) is 57.3 Å². The van der Waals surface area contributed by atoms with E-state index in [1.165, 1.54) is 6.07 Å². The van der Waals surface area contributed by atoms with Crippen molar-refractivity contribution >= 4 is 33.6 Å². The molecule has 7 rings (SSSR count). The van der Waals surface area contributed by atoms with E-state index >= 15 is 4.39 Å². The SMILES string of the molecule is CCc1c(F)ccc2cccc(-c3ncc4c(N(C)CC5CN(C(=O)OC(C)(C)C)C5)nc(OC[C@@]56CCCN5C[C@H](F)C6)nc4c3F)c12.